The number of nitrogens with zero attached hydrogens (tertiary/aromatic N) is 2. The van der Waals surface area contributed by atoms with Gasteiger partial charge in [-0.15, -0.1) is 11.6 Å². The number of aromatic nitrogens is 1. The van der Waals surface area contributed by atoms with Gasteiger partial charge in [-0.1, -0.05) is 0 Å². The minimum atomic E-state index is -0.295. The summed E-state index contributed by atoms with van der Waals surface area (Å²) in [4.78, 5) is 5.78. The van der Waals surface area contributed by atoms with Crippen molar-refractivity contribution in [3.05, 3.63) is 29.8 Å². The third kappa shape index (κ3) is 3.70. The van der Waals surface area contributed by atoms with Crippen molar-refractivity contribution < 1.29 is 4.39 Å². The van der Waals surface area contributed by atoms with Gasteiger partial charge in [-0.3, -0.25) is 4.98 Å². The van der Waals surface area contributed by atoms with Crippen LogP contribution in [-0.4, -0.2) is 29.4 Å². The van der Waals surface area contributed by atoms with Crippen LogP contribution in [0.15, 0.2) is 18.5 Å². The van der Waals surface area contributed by atoms with Gasteiger partial charge in [0.15, 0.2) is 0 Å². The molecule has 1 aromatic heterocycles. The minimum absolute atomic E-state index is 0.295. The van der Waals surface area contributed by atoms with Crippen LogP contribution in [0.5, 0.6) is 0 Å². The van der Waals surface area contributed by atoms with E-state index >= 15 is 0 Å². The third-order valence-corrected chi connectivity index (χ3v) is 1.85. The van der Waals surface area contributed by atoms with Crippen molar-refractivity contribution in [3.8, 4) is 0 Å². The molecule has 0 fully saturated rings. The summed E-state index contributed by atoms with van der Waals surface area (Å²) in [6.45, 7) is 1.47. The first-order valence-corrected chi connectivity index (χ1v) is 4.60. The Morgan fingerprint density at radius 3 is 2.92 bits per heavy atom. The molecule has 0 atom stereocenters. The summed E-state index contributed by atoms with van der Waals surface area (Å²) in [7, 11) is 1.94. The van der Waals surface area contributed by atoms with E-state index in [4.69, 9.17) is 11.6 Å². The molecule has 4 heteroatoms. The second-order valence-electron chi connectivity index (χ2n) is 2.94. The van der Waals surface area contributed by atoms with Crippen molar-refractivity contribution in [1.29, 1.82) is 0 Å². The molecular weight excluding hydrogens is 191 g/mol. The maximum absolute atomic E-state index is 12.7. The summed E-state index contributed by atoms with van der Waals surface area (Å²) in [5, 5.41) is 0. The topological polar surface area (TPSA) is 16.1 Å². The first kappa shape index (κ1) is 10.4. The summed E-state index contributed by atoms with van der Waals surface area (Å²) in [6, 6.07) is 1.48. The van der Waals surface area contributed by atoms with Crippen LogP contribution in [0.1, 0.15) is 5.56 Å². The van der Waals surface area contributed by atoms with Crippen LogP contribution in [0.3, 0.4) is 0 Å². The standard InChI is InChI=1S/C9H12ClFN2/c1-13(3-2-10)7-8-4-9(11)6-12-5-8/h4-6H,2-3,7H2,1H3. The Morgan fingerprint density at radius 2 is 2.31 bits per heavy atom. The van der Waals surface area contributed by atoms with Gasteiger partial charge in [0.2, 0.25) is 0 Å². The van der Waals surface area contributed by atoms with E-state index in [2.05, 4.69) is 4.98 Å². The molecule has 0 spiro atoms. The Kier molecular flexibility index (Phi) is 4.12. The third-order valence-electron chi connectivity index (χ3n) is 1.68. The van der Waals surface area contributed by atoms with Crippen molar-refractivity contribution in [2.24, 2.45) is 0 Å². The summed E-state index contributed by atoms with van der Waals surface area (Å²) >= 11 is 5.56. The van der Waals surface area contributed by atoms with Gasteiger partial charge in [0, 0.05) is 25.2 Å². The average Bonchev–Trinajstić information content (AvgIpc) is 2.04. The van der Waals surface area contributed by atoms with Gasteiger partial charge in [-0.25, -0.2) is 4.39 Å². The fraction of sp³-hybridized carbons (Fsp3) is 0.444. The zero-order valence-electron chi connectivity index (χ0n) is 7.50. The van der Waals surface area contributed by atoms with Gasteiger partial charge in [-0.05, 0) is 18.7 Å². The van der Waals surface area contributed by atoms with E-state index < -0.39 is 0 Å². The molecule has 0 amide bonds. The molecule has 72 valence electrons. The van der Waals surface area contributed by atoms with Crippen LogP contribution in [0.25, 0.3) is 0 Å². The lowest BCUT2D eigenvalue weighted by atomic mass is 10.2. The molecule has 2 nitrogen and oxygen atoms in total. The Hall–Kier alpha value is -0.670. The predicted octanol–water partition coefficient (Wildman–Crippen LogP) is 1.89. The molecule has 0 aliphatic rings. The molecule has 0 saturated heterocycles. The highest BCUT2D eigenvalue weighted by Crippen LogP contribution is 2.03. The quantitative estimate of drug-likeness (QED) is 0.694. The van der Waals surface area contributed by atoms with Gasteiger partial charge in [0.05, 0.1) is 6.20 Å². The zero-order valence-corrected chi connectivity index (χ0v) is 8.26. The van der Waals surface area contributed by atoms with Crippen LogP contribution in [0.4, 0.5) is 4.39 Å². The van der Waals surface area contributed by atoms with Crippen LogP contribution >= 0.6 is 11.6 Å². The molecule has 0 aliphatic carbocycles. The molecule has 1 heterocycles. The Bertz CT molecular complexity index is 268. The van der Waals surface area contributed by atoms with E-state index in [1.54, 1.807) is 6.20 Å². The molecule has 0 bridgehead atoms. The molecular formula is C9H12ClFN2. The normalized spacial score (nSPS) is 10.8. The van der Waals surface area contributed by atoms with Crippen molar-refractivity contribution in [3.63, 3.8) is 0 Å². The fourth-order valence-corrected chi connectivity index (χ4v) is 1.37. The molecule has 1 rings (SSSR count). The number of halogens is 2. The second-order valence-corrected chi connectivity index (χ2v) is 3.32. The minimum Gasteiger partial charge on any atom is -0.301 e. The van der Waals surface area contributed by atoms with Crippen molar-refractivity contribution in [2.75, 3.05) is 19.5 Å². The van der Waals surface area contributed by atoms with Gasteiger partial charge in [0.25, 0.3) is 0 Å². The Balaban J connectivity index is 2.53. The number of hydrogen-bond donors (Lipinski definition) is 0. The lowest BCUT2D eigenvalue weighted by Gasteiger charge is -2.14. The van der Waals surface area contributed by atoms with Crippen LogP contribution in [0.2, 0.25) is 0 Å². The smallest absolute Gasteiger partial charge is 0.141 e. The first-order chi connectivity index (χ1) is 6.22. The van der Waals surface area contributed by atoms with E-state index in [0.29, 0.717) is 12.4 Å². The molecule has 0 radical (unpaired) electrons. The van der Waals surface area contributed by atoms with Gasteiger partial charge in [-0.2, -0.15) is 0 Å². The average molecular weight is 203 g/mol. The van der Waals surface area contributed by atoms with Crippen LogP contribution < -0.4 is 0 Å². The van der Waals surface area contributed by atoms with E-state index in [1.165, 1.54) is 12.3 Å². The molecule has 0 aromatic carbocycles. The van der Waals surface area contributed by atoms with Crippen LogP contribution in [0, 0.1) is 5.82 Å². The molecule has 0 aliphatic heterocycles. The second kappa shape index (κ2) is 5.14. The highest BCUT2D eigenvalue weighted by atomic mass is 35.5. The lowest BCUT2D eigenvalue weighted by molar-refractivity contribution is 0.346. The first-order valence-electron chi connectivity index (χ1n) is 4.06. The number of hydrogen-bond acceptors (Lipinski definition) is 2. The van der Waals surface area contributed by atoms with Crippen LogP contribution in [-0.2, 0) is 6.54 Å². The van der Waals surface area contributed by atoms with E-state index in [9.17, 15) is 4.39 Å². The van der Waals surface area contributed by atoms with E-state index in [-0.39, 0.29) is 5.82 Å². The zero-order chi connectivity index (χ0) is 9.68. The number of pyridine rings is 1. The summed E-state index contributed by atoms with van der Waals surface area (Å²) in [6.07, 6.45) is 2.86. The van der Waals surface area contributed by atoms with Gasteiger partial charge in [0.1, 0.15) is 5.82 Å². The highest BCUT2D eigenvalue weighted by molar-refractivity contribution is 6.18. The summed E-state index contributed by atoms with van der Waals surface area (Å²) in [5.74, 6) is 0.288. The maximum Gasteiger partial charge on any atom is 0.141 e. The number of alkyl halides is 1. The van der Waals surface area contributed by atoms with E-state index in [0.717, 1.165) is 12.1 Å². The van der Waals surface area contributed by atoms with Crippen molar-refractivity contribution in [2.45, 2.75) is 6.54 Å². The Labute approximate surface area is 82.3 Å². The molecule has 1 aromatic rings. The van der Waals surface area contributed by atoms with Crippen molar-refractivity contribution in [1.82, 2.24) is 9.88 Å². The van der Waals surface area contributed by atoms with Crippen molar-refractivity contribution >= 4 is 11.6 Å². The summed E-state index contributed by atoms with van der Waals surface area (Å²) < 4.78 is 12.7. The summed E-state index contributed by atoms with van der Waals surface area (Å²) in [5.41, 5.74) is 0.868. The molecule has 0 N–H and O–H groups in total. The highest BCUT2D eigenvalue weighted by Gasteiger charge is 2.00. The fourth-order valence-electron chi connectivity index (χ4n) is 1.08. The maximum atomic E-state index is 12.7. The molecule has 0 unspecified atom stereocenters. The number of rotatable bonds is 4. The molecule has 13 heavy (non-hydrogen) atoms. The lowest BCUT2D eigenvalue weighted by Crippen LogP contribution is -2.20. The van der Waals surface area contributed by atoms with Gasteiger partial charge >= 0.3 is 0 Å². The largest absolute Gasteiger partial charge is 0.301 e. The SMILES string of the molecule is CN(CCCl)Cc1cncc(F)c1. The monoisotopic (exact) mass is 202 g/mol. The van der Waals surface area contributed by atoms with Gasteiger partial charge < -0.3 is 4.90 Å². The predicted molar refractivity (Wildman–Crippen MR) is 51.2 cm³/mol. The van der Waals surface area contributed by atoms with E-state index in [1.807, 2.05) is 11.9 Å². The Morgan fingerprint density at radius 1 is 1.54 bits per heavy atom. The molecule has 0 saturated carbocycles.